The normalized spacial score (nSPS) is 14.5. The van der Waals surface area contributed by atoms with Crippen molar-refractivity contribution in [1.29, 1.82) is 0 Å². The van der Waals surface area contributed by atoms with Crippen LogP contribution in [0.3, 0.4) is 0 Å². The second kappa shape index (κ2) is 18.9. The van der Waals surface area contributed by atoms with Gasteiger partial charge in [0.25, 0.3) is 26.9 Å². The van der Waals surface area contributed by atoms with Crippen LogP contribution in [0, 0.1) is 13.8 Å². The first-order chi connectivity index (χ1) is 48.1. The van der Waals surface area contributed by atoms with Gasteiger partial charge >= 0.3 is 0 Å². The van der Waals surface area contributed by atoms with Crippen molar-refractivity contribution in [3.8, 4) is 0 Å². The molecule has 446 valence electrons. The fourth-order valence-corrected chi connectivity index (χ4v) is 19.4. The molecule has 0 saturated carbocycles. The van der Waals surface area contributed by atoms with Gasteiger partial charge < -0.3 is 33.8 Å². The summed E-state index contributed by atoms with van der Waals surface area (Å²) in [6, 6.07) is 109. The van der Waals surface area contributed by atoms with Crippen LogP contribution in [0.5, 0.6) is 0 Å². The van der Waals surface area contributed by atoms with Gasteiger partial charge in [0.15, 0.2) is 0 Å². The summed E-state index contributed by atoms with van der Waals surface area (Å²) in [6.07, 6.45) is 0. The second-order valence-electron chi connectivity index (χ2n) is 27.4. The Morgan fingerprint density at radius 2 is 0.443 bits per heavy atom. The highest BCUT2D eigenvalue weighted by molar-refractivity contribution is 7.06. The average Bonchev–Trinajstić information content (AvgIpc) is 1.02. The summed E-state index contributed by atoms with van der Waals surface area (Å²) < 4.78 is 7.62. The standard InChI is InChI=1S/C86H54B4N6O/c1-51-81-77-85-79-83(51)93(55-31-11-5-12-32-55)73-49-75-57(47-65(73)89(79)63-39-19-25-45-71(63)95(85)69-43-23-17-37-61(69)87(77)59-35-15-21-41-67(59)91(81)53-27-7-3-8-28-53)58-48-66-74(50-76(58)97-75)94(56-33-13-6-14-34-56)84-52(2)82-78-86-80(84)90(66)64-40-20-26-46-72(64)96(86)70-44-24-18-38-62(70)88(78)60-36-16-22-42-68(60)92(82)54-29-9-4-10-30-54/h3-50H,1-2H3. The lowest BCUT2D eigenvalue weighted by atomic mass is 9.28. The smallest absolute Gasteiger partial charge is 0.252 e. The number of anilines is 18. The molecule has 0 fully saturated rings. The van der Waals surface area contributed by atoms with E-state index in [9.17, 15) is 0 Å². The Balaban J connectivity index is 0.823. The summed E-state index contributed by atoms with van der Waals surface area (Å²) >= 11 is 0. The summed E-state index contributed by atoms with van der Waals surface area (Å²) in [6.45, 7) is 4.51. The summed E-state index contributed by atoms with van der Waals surface area (Å²) in [5, 5.41) is 2.22. The molecule has 0 saturated heterocycles. The van der Waals surface area contributed by atoms with Crippen molar-refractivity contribution < 1.29 is 4.42 Å². The predicted octanol–water partition coefficient (Wildman–Crippen LogP) is 13.6. The van der Waals surface area contributed by atoms with E-state index in [-0.39, 0.29) is 26.9 Å². The molecular formula is C86H54B4N6O. The van der Waals surface area contributed by atoms with Gasteiger partial charge in [0.1, 0.15) is 11.2 Å². The minimum Gasteiger partial charge on any atom is -0.456 e. The maximum atomic E-state index is 7.62. The fourth-order valence-electron chi connectivity index (χ4n) is 19.4. The maximum absolute atomic E-state index is 7.62. The number of hydrogen-bond donors (Lipinski definition) is 0. The first kappa shape index (κ1) is 52.3. The van der Waals surface area contributed by atoms with Crippen LogP contribution in [0.25, 0.3) is 21.9 Å². The van der Waals surface area contributed by atoms with E-state index in [0.29, 0.717) is 0 Å². The van der Waals surface area contributed by atoms with E-state index in [1.165, 1.54) is 145 Å². The summed E-state index contributed by atoms with van der Waals surface area (Å²) in [4.78, 5) is 15.6. The fraction of sp³-hybridized carbons (Fsp3) is 0.0233. The van der Waals surface area contributed by atoms with Gasteiger partial charge in [0, 0.05) is 125 Å². The summed E-state index contributed by atoms with van der Waals surface area (Å²) in [5.41, 5.74) is 41.4. The molecule has 7 nitrogen and oxygen atoms in total. The lowest BCUT2D eigenvalue weighted by molar-refractivity contribution is 0.669. The molecular weight excluding hydrogens is 1180 g/mol. The van der Waals surface area contributed by atoms with Crippen LogP contribution in [0.4, 0.5) is 102 Å². The van der Waals surface area contributed by atoms with Gasteiger partial charge in [-0.15, -0.1) is 0 Å². The monoisotopic (exact) mass is 1230 g/mol. The van der Waals surface area contributed by atoms with Gasteiger partial charge in [-0.3, -0.25) is 0 Å². The SMILES string of the molecule is Cc1c2c3c4c5c1N(c1ccccc1)c1cc6oc7cc8c(cc7c6cc1B5c1ccccc1N4c1ccccc1B3c1ccccc1N2c1ccccc1)B1c2ccccc2N2c3ccccc3B3c4ccccc4N(c4ccccc4)c4c(C)c(c1c2c43)N8c1ccccc1. The first-order valence-corrected chi connectivity index (χ1v) is 34.1. The molecule has 0 spiro atoms. The van der Waals surface area contributed by atoms with Crippen molar-refractivity contribution in [2.45, 2.75) is 13.8 Å². The zero-order valence-electron chi connectivity index (χ0n) is 53.1. The van der Waals surface area contributed by atoms with Crippen molar-refractivity contribution in [2.75, 3.05) is 29.4 Å². The van der Waals surface area contributed by atoms with Crippen LogP contribution in [0.1, 0.15) is 11.1 Å². The molecule has 23 rings (SSSR count). The molecule has 11 heteroatoms. The number of rotatable bonds is 4. The number of para-hydroxylation sites is 10. The topological polar surface area (TPSA) is 32.6 Å². The van der Waals surface area contributed by atoms with Crippen molar-refractivity contribution in [3.05, 3.63) is 302 Å². The van der Waals surface area contributed by atoms with Gasteiger partial charge in [-0.05, 0) is 175 Å². The van der Waals surface area contributed by atoms with Gasteiger partial charge in [-0.2, -0.15) is 0 Å². The zero-order chi connectivity index (χ0) is 63.2. The highest BCUT2D eigenvalue weighted by Gasteiger charge is 2.55. The third kappa shape index (κ3) is 6.52. The summed E-state index contributed by atoms with van der Waals surface area (Å²) in [5.74, 6) is 0. The Kier molecular flexibility index (Phi) is 10.2. The third-order valence-corrected chi connectivity index (χ3v) is 22.8. The van der Waals surface area contributed by atoms with Crippen LogP contribution >= 0.6 is 0 Å². The lowest BCUT2D eigenvalue weighted by Crippen LogP contribution is -2.69. The van der Waals surface area contributed by atoms with Gasteiger partial charge in [-0.1, -0.05) is 194 Å². The van der Waals surface area contributed by atoms with Crippen LogP contribution in [-0.4, -0.2) is 26.9 Å². The molecule has 0 aliphatic carbocycles. The van der Waals surface area contributed by atoms with E-state index < -0.39 is 0 Å². The first-order valence-electron chi connectivity index (χ1n) is 34.1. The predicted molar refractivity (Wildman–Crippen MR) is 410 cm³/mol. The molecule has 15 aromatic rings. The molecule has 8 aliphatic heterocycles. The number of benzene rings is 14. The molecule has 9 heterocycles. The molecule has 0 atom stereocenters. The molecule has 0 amide bonds. The number of hydrogen-bond acceptors (Lipinski definition) is 7. The van der Waals surface area contributed by atoms with Crippen molar-refractivity contribution >= 4 is 217 Å². The van der Waals surface area contributed by atoms with Crippen molar-refractivity contribution in [3.63, 3.8) is 0 Å². The third-order valence-electron chi connectivity index (χ3n) is 22.8. The average molecular weight is 1230 g/mol. The number of furan rings is 1. The summed E-state index contributed by atoms with van der Waals surface area (Å²) in [7, 11) is 0. The second-order valence-corrected chi connectivity index (χ2v) is 27.4. The minimum absolute atomic E-state index is 0.0118. The van der Waals surface area contributed by atoms with E-state index in [0.717, 1.165) is 56.1 Å². The van der Waals surface area contributed by atoms with Crippen LogP contribution in [0.15, 0.2) is 296 Å². The molecule has 1 aromatic heterocycles. The Labute approximate surface area is 563 Å². The molecule has 8 aliphatic rings. The Bertz CT molecular complexity index is 5640. The van der Waals surface area contributed by atoms with Crippen molar-refractivity contribution in [1.82, 2.24) is 0 Å². The molecule has 0 radical (unpaired) electrons. The molecule has 0 unspecified atom stereocenters. The highest BCUT2D eigenvalue weighted by atomic mass is 16.3. The minimum atomic E-state index is -0.132. The molecule has 0 bridgehead atoms. The highest BCUT2D eigenvalue weighted by Crippen LogP contribution is 2.55. The number of fused-ring (bicyclic) bond motifs is 23. The van der Waals surface area contributed by atoms with E-state index >= 15 is 0 Å². The van der Waals surface area contributed by atoms with E-state index in [1.807, 2.05) is 0 Å². The largest absolute Gasteiger partial charge is 0.456 e. The van der Waals surface area contributed by atoms with Gasteiger partial charge in [0.05, 0.1) is 0 Å². The van der Waals surface area contributed by atoms with E-state index in [2.05, 4.69) is 334 Å². The van der Waals surface area contributed by atoms with Crippen LogP contribution in [-0.2, 0) is 0 Å². The Morgan fingerprint density at radius 3 is 0.722 bits per heavy atom. The van der Waals surface area contributed by atoms with Crippen LogP contribution in [0.2, 0.25) is 0 Å². The Hall–Kier alpha value is -12.1. The quantitative estimate of drug-likeness (QED) is 0.162. The zero-order valence-corrected chi connectivity index (χ0v) is 53.1. The molecule has 0 N–H and O–H groups in total. The van der Waals surface area contributed by atoms with Crippen molar-refractivity contribution in [2.24, 2.45) is 0 Å². The lowest BCUT2D eigenvalue weighted by Gasteiger charge is -2.52. The molecule has 14 aromatic carbocycles. The van der Waals surface area contributed by atoms with Crippen LogP contribution < -0.4 is 95.0 Å². The van der Waals surface area contributed by atoms with Gasteiger partial charge in [-0.25, -0.2) is 0 Å². The van der Waals surface area contributed by atoms with Gasteiger partial charge in [0.2, 0.25) is 0 Å². The Morgan fingerprint density at radius 1 is 0.216 bits per heavy atom. The number of nitrogens with zero attached hydrogens (tertiary/aromatic N) is 6. The molecule has 97 heavy (non-hydrogen) atoms. The van der Waals surface area contributed by atoms with E-state index in [1.54, 1.807) is 0 Å². The maximum Gasteiger partial charge on any atom is 0.252 e. The van der Waals surface area contributed by atoms with E-state index in [4.69, 9.17) is 4.42 Å².